The molecule has 12 rings (SSSR count). The lowest BCUT2D eigenvalue weighted by Crippen LogP contribution is -2.07. The van der Waals surface area contributed by atoms with Gasteiger partial charge < -0.3 is 59.3 Å². The van der Waals surface area contributed by atoms with Crippen LogP contribution < -0.4 is 19.9 Å². The average molecular weight is 1110 g/mol. The number of hydrogen-bond donors (Lipinski definition) is 5. The molecule has 80 heavy (non-hydrogen) atoms. The number of nitrogens with zero attached hydrogens (tertiary/aromatic N) is 1. The predicted molar refractivity (Wildman–Crippen MR) is 312 cm³/mol. The van der Waals surface area contributed by atoms with E-state index in [9.17, 15) is 19.8 Å². The minimum Gasteiger partial charge on any atom is -0.508 e. The van der Waals surface area contributed by atoms with Crippen LogP contribution in [0.1, 0.15) is 160 Å². The highest BCUT2D eigenvalue weighted by molar-refractivity contribution is 5.76. The lowest BCUT2D eigenvalue weighted by molar-refractivity contribution is 0.111. The summed E-state index contributed by atoms with van der Waals surface area (Å²) in [5, 5.41) is 45.0. The average Bonchev–Trinajstić information content (AvgIpc) is 4.49. The maximum atomic E-state index is 10.5. The molecule has 8 aliphatic rings. The number of benzene rings is 4. The summed E-state index contributed by atoms with van der Waals surface area (Å²) in [6.07, 6.45) is 21.5. The van der Waals surface area contributed by atoms with Gasteiger partial charge in [-0.05, 0) is 199 Å². The molecule has 0 amide bonds. The molecule has 2 atom stereocenters. The molecule has 4 aliphatic carbocycles. The number of aliphatic hydroxyl groups excluding tert-OH is 3. The van der Waals surface area contributed by atoms with Crippen LogP contribution in [0.15, 0.2) is 97.1 Å². The molecular weight excluding hydrogens is 1020 g/mol. The van der Waals surface area contributed by atoms with Crippen LogP contribution in [-0.4, -0.2) is 127 Å². The third kappa shape index (κ3) is 36.1. The van der Waals surface area contributed by atoms with Gasteiger partial charge in [0.25, 0.3) is 0 Å². The van der Waals surface area contributed by atoms with E-state index < -0.39 is 12.2 Å². The van der Waals surface area contributed by atoms with E-state index in [0.29, 0.717) is 48.8 Å². The van der Waals surface area contributed by atoms with Gasteiger partial charge in [-0.1, -0.05) is 48.5 Å². The summed E-state index contributed by atoms with van der Waals surface area (Å²) in [4.78, 5) is 20.5. The Morgan fingerprint density at radius 1 is 0.525 bits per heavy atom. The molecule has 15 nitrogen and oxygen atoms in total. The third-order valence-electron chi connectivity index (χ3n) is 13.0. The third-order valence-corrected chi connectivity index (χ3v) is 13.0. The SMILES string of the molecule is C1CCOC1.C1CCOC1.C1CCOC1.C1CCOC1.N#CCC(O)c1cccc(OCC2CC2)c1.NCCC(O)c1cccc(OCC2CC2)c1.O=Cc1cccc(O)c1.O=Cc1cccc(OCC2CC2)c1.OCC1CC1.[B]. The fourth-order valence-corrected chi connectivity index (χ4v) is 7.27. The van der Waals surface area contributed by atoms with Crippen molar-refractivity contribution in [2.45, 2.75) is 128 Å². The zero-order valence-corrected chi connectivity index (χ0v) is 47.3. The minimum absolute atomic E-state index is 0. The summed E-state index contributed by atoms with van der Waals surface area (Å²) in [6.45, 7) is 11.3. The smallest absolute Gasteiger partial charge is 0.150 e. The fourth-order valence-electron chi connectivity index (χ4n) is 7.27. The maximum Gasteiger partial charge on any atom is 0.150 e. The highest BCUT2D eigenvalue weighted by Gasteiger charge is 2.23. The number of phenols is 1. The Morgan fingerprint density at radius 2 is 0.875 bits per heavy atom. The molecule has 4 aliphatic heterocycles. The number of phenolic OH excluding ortho intramolecular Hbond substituents is 1. The van der Waals surface area contributed by atoms with Gasteiger partial charge in [-0.3, -0.25) is 9.59 Å². The van der Waals surface area contributed by atoms with Gasteiger partial charge in [0.2, 0.25) is 0 Å². The highest BCUT2D eigenvalue weighted by Crippen LogP contribution is 2.32. The molecule has 439 valence electrons. The topological polar surface area (TPSA) is 229 Å². The number of carbonyl (C=O) groups is 2. The van der Waals surface area contributed by atoms with Gasteiger partial charge in [0.15, 0.2) is 0 Å². The Hall–Kier alpha value is -5.35. The molecule has 6 N–H and O–H groups in total. The van der Waals surface area contributed by atoms with Gasteiger partial charge in [0.05, 0.1) is 44.5 Å². The molecule has 0 spiro atoms. The summed E-state index contributed by atoms with van der Waals surface area (Å²) in [6, 6.07) is 30.4. The predicted octanol–water partition coefficient (Wildman–Crippen LogP) is 11.0. The molecular formula is C64H92BN2O13. The van der Waals surface area contributed by atoms with Crippen LogP contribution in [0.25, 0.3) is 0 Å². The van der Waals surface area contributed by atoms with Crippen molar-refractivity contribution in [2.75, 3.05) is 85.8 Å². The van der Waals surface area contributed by atoms with Crippen LogP contribution in [0.3, 0.4) is 0 Å². The molecule has 8 fully saturated rings. The van der Waals surface area contributed by atoms with Crippen LogP contribution in [0.5, 0.6) is 23.0 Å². The minimum atomic E-state index is -0.713. The van der Waals surface area contributed by atoms with Crippen LogP contribution >= 0.6 is 0 Å². The zero-order valence-electron chi connectivity index (χ0n) is 47.3. The highest BCUT2D eigenvalue weighted by atomic mass is 16.5. The molecule has 2 unspecified atom stereocenters. The summed E-state index contributed by atoms with van der Waals surface area (Å²) in [7, 11) is 0. The van der Waals surface area contributed by atoms with Crippen molar-refractivity contribution in [2.24, 2.45) is 29.4 Å². The first-order chi connectivity index (χ1) is 38.7. The molecule has 4 aromatic rings. The number of aldehydes is 2. The molecule has 4 heterocycles. The van der Waals surface area contributed by atoms with Crippen LogP contribution in [-0.2, 0) is 18.9 Å². The first-order valence-electron chi connectivity index (χ1n) is 29.0. The number of aromatic hydroxyl groups is 1. The summed E-state index contributed by atoms with van der Waals surface area (Å²) >= 11 is 0. The Labute approximate surface area is 479 Å². The summed E-state index contributed by atoms with van der Waals surface area (Å²) < 4.78 is 36.6. The first kappa shape index (κ1) is 68.9. The second kappa shape index (κ2) is 44.3. The number of nitrogens with two attached hydrogens (primary N) is 1. The van der Waals surface area contributed by atoms with Gasteiger partial charge in [-0.25, -0.2) is 0 Å². The number of hydrogen-bond acceptors (Lipinski definition) is 15. The van der Waals surface area contributed by atoms with E-state index in [0.717, 1.165) is 119 Å². The first-order valence-corrected chi connectivity index (χ1v) is 29.0. The number of nitriles is 1. The van der Waals surface area contributed by atoms with Gasteiger partial charge in [0, 0.05) is 79.0 Å². The van der Waals surface area contributed by atoms with Gasteiger partial charge >= 0.3 is 0 Å². The number of carbonyl (C=O) groups excluding carboxylic acids is 2. The van der Waals surface area contributed by atoms with Crippen LogP contribution in [0.2, 0.25) is 0 Å². The van der Waals surface area contributed by atoms with Crippen molar-refractivity contribution in [1.82, 2.24) is 0 Å². The van der Waals surface area contributed by atoms with E-state index >= 15 is 0 Å². The fraction of sp³-hybridized carbons (Fsp3) is 0.578. The van der Waals surface area contributed by atoms with Crippen molar-refractivity contribution in [1.29, 1.82) is 5.26 Å². The van der Waals surface area contributed by atoms with E-state index in [1.165, 1.54) is 115 Å². The maximum absolute atomic E-state index is 10.5. The largest absolute Gasteiger partial charge is 0.508 e. The lowest BCUT2D eigenvalue weighted by Gasteiger charge is -2.11. The Kier molecular flexibility index (Phi) is 38.2. The van der Waals surface area contributed by atoms with E-state index in [1.807, 2.05) is 66.7 Å². The lowest BCUT2D eigenvalue weighted by atomic mass is 10.1. The van der Waals surface area contributed by atoms with Gasteiger partial charge in [0.1, 0.15) is 35.6 Å². The molecule has 3 radical (unpaired) electrons. The molecule has 4 saturated heterocycles. The normalized spacial score (nSPS) is 17.7. The van der Waals surface area contributed by atoms with E-state index in [4.69, 9.17) is 54.4 Å². The van der Waals surface area contributed by atoms with E-state index in [-0.39, 0.29) is 20.6 Å². The molecule has 0 aromatic heterocycles. The van der Waals surface area contributed by atoms with Crippen molar-refractivity contribution in [3.8, 4) is 29.1 Å². The number of ether oxygens (including phenoxy) is 7. The Morgan fingerprint density at radius 3 is 1.16 bits per heavy atom. The zero-order chi connectivity index (χ0) is 56.4. The molecule has 0 bridgehead atoms. The Bertz CT molecular complexity index is 2150. The van der Waals surface area contributed by atoms with E-state index in [1.54, 1.807) is 24.3 Å². The molecule has 4 aromatic carbocycles. The Balaban J connectivity index is 0.000000246. The van der Waals surface area contributed by atoms with Crippen LogP contribution in [0, 0.1) is 35.0 Å². The number of aliphatic hydroxyl groups is 3. The van der Waals surface area contributed by atoms with Crippen molar-refractivity contribution in [3.05, 3.63) is 119 Å². The van der Waals surface area contributed by atoms with Crippen molar-refractivity contribution < 1.29 is 63.2 Å². The molecule has 4 saturated carbocycles. The summed E-state index contributed by atoms with van der Waals surface area (Å²) in [5.74, 6) is 5.46. The quantitative estimate of drug-likeness (QED) is 0.0489. The van der Waals surface area contributed by atoms with Gasteiger partial charge in [-0.2, -0.15) is 5.26 Å². The monoisotopic (exact) mass is 1110 g/mol. The number of rotatable bonds is 17. The second-order valence-corrected chi connectivity index (χ2v) is 20.7. The molecule has 16 heteroatoms. The van der Waals surface area contributed by atoms with Crippen molar-refractivity contribution in [3.63, 3.8) is 0 Å². The van der Waals surface area contributed by atoms with Gasteiger partial charge in [-0.15, -0.1) is 0 Å². The summed E-state index contributed by atoms with van der Waals surface area (Å²) in [5.41, 5.74) is 8.22. The van der Waals surface area contributed by atoms with E-state index in [2.05, 4.69) is 0 Å². The standard InChI is InChI=1S/C13H19NO2.C13H15NO2.C11H12O2.C7H6O2.5C4H8O.B/c2*14-7-6-13(15)11-2-1-3-12(8-11)16-9-10-4-5-10;12-7-10-2-1-3-11(6-10)13-8-9-4-5-9;8-5-6-2-1-3-7(9)4-6;5-3-4-1-2-4;4*1-2-4-5-3-1;/h1-3,8,10,13,15H,4-7,9,14H2;1-3,8,10,13,15H,4-6,9H2;1-3,6-7,9H,4-5,8H2;1-5,9H;4-5H,1-3H2;4*1-4H2;. The second-order valence-electron chi connectivity index (χ2n) is 20.7. The van der Waals surface area contributed by atoms with Crippen LogP contribution in [0.4, 0.5) is 0 Å². The van der Waals surface area contributed by atoms with Crippen molar-refractivity contribution >= 4 is 21.0 Å².